The standard InChI is InChI=1S/C18H21N3O2/c1-23-16-7-3-2-5-13(16)11-15-6-4-10-21(15)17-12-14(18(19)22)8-9-20-17/h2-3,5,7-9,12,15H,4,6,10-11H2,1H3,(H2,19,22). The maximum absolute atomic E-state index is 11.4. The molecule has 23 heavy (non-hydrogen) atoms. The van der Waals surface area contributed by atoms with Gasteiger partial charge in [-0.15, -0.1) is 0 Å². The lowest BCUT2D eigenvalue weighted by atomic mass is 10.0. The minimum Gasteiger partial charge on any atom is -0.496 e. The van der Waals surface area contributed by atoms with Gasteiger partial charge in [-0.05, 0) is 43.0 Å². The fourth-order valence-electron chi connectivity index (χ4n) is 3.20. The predicted octanol–water partition coefficient (Wildman–Crippen LogP) is 2.40. The summed E-state index contributed by atoms with van der Waals surface area (Å²) in [5.74, 6) is 1.31. The summed E-state index contributed by atoms with van der Waals surface area (Å²) in [6.07, 6.45) is 4.75. The summed E-state index contributed by atoms with van der Waals surface area (Å²) >= 11 is 0. The van der Waals surface area contributed by atoms with Crippen molar-refractivity contribution < 1.29 is 9.53 Å². The highest BCUT2D eigenvalue weighted by Gasteiger charge is 2.27. The summed E-state index contributed by atoms with van der Waals surface area (Å²) in [4.78, 5) is 18.1. The highest BCUT2D eigenvalue weighted by atomic mass is 16.5. The first-order valence-electron chi connectivity index (χ1n) is 7.83. The molecule has 1 aromatic heterocycles. The van der Waals surface area contributed by atoms with Crippen LogP contribution in [0.25, 0.3) is 0 Å². The molecule has 1 atom stereocenters. The molecule has 1 aliphatic rings. The summed E-state index contributed by atoms with van der Waals surface area (Å²) in [7, 11) is 1.70. The Labute approximate surface area is 136 Å². The van der Waals surface area contributed by atoms with Crippen LogP contribution in [0.2, 0.25) is 0 Å². The van der Waals surface area contributed by atoms with Gasteiger partial charge in [-0.1, -0.05) is 18.2 Å². The van der Waals surface area contributed by atoms with E-state index >= 15 is 0 Å². The van der Waals surface area contributed by atoms with E-state index in [4.69, 9.17) is 10.5 Å². The number of anilines is 1. The number of pyridine rings is 1. The Morgan fingerprint density at radius 3 is 3.00 bits per heavy atom. The lowest BCUT2D eigenvalue weighted by Gasteiger charge is -2.26. The van der Waals surface area contributed by atoms with Gasteiger partial charge in [0, 0.05) is 24.3 Å². The number of benzene rings is 1. The van der Waals surface area contributed by atoms with E-state index in [1.807, 2.05) is 18.2 Å². The Morgan fingerprint density at radius 2 is 2.22 bits per heavy atom. The smallest absolute Gasteiger partial charge is 0.248 e. The molecule has 5 heteroatoms. The molecule has 1 aliphatic heterocycles. The highest BCUT2D eigenvalue weighted by molar-refractivity contribution is 5.93. The number of carbonyl (C=O) groups excluding carboxylic acids is 1. The maximum Gasteiger partial charge on any atom is 0.248 e. The van der Waals surface area contributed by atoms with Crippen molar-refractivity contribution in [2.75, 3.05) is 18.6 Å². The van der Waals surface area contributed by atoms with Gasteiger partial charge in [0.2, 0.25) is 5.91 Å². The van der Waals surface area contributed by atoms with E-state index in [1.54, 1.807) is 25.4 Å². The van der Waals surface area contributed by atoms with E-state index in [1.165, 1.54) is 5.56 Å². The molecule has 0 spiro atoms. The van der Waals surface area contributed by atoms with Crippen LogP contribution in [0.5, 0.6) is 5.75 Å². The van der Waals surface area contributed by atoms with Crippen molar-refractivity contribution in [1.82, 2.24) is 4.98 Å². The molecule has 5 nitrogen and oxygen atoms in total. The number of amides is 1. The van der Waals surface area contributed by atoms with E-state index in [0.29, 0.717) is 11.6 Å². The Balaban J connectivity index is 1.83. The minimum atomic E-state index is -0.422. The second-order valence-corrected chi connectivity index (χ2v) is 5.77. The number of aromatic nitrogens is 1. The van der Waals surface area contributed by atoms with Crippen LogP contribution in [-0.2, 0) is 6.42 Å². The predicted molar refractivity (Wildman–Crippen MR) is 89.8 cm³/mol. The van der Waals surface area contributed by atoms with Crippen LogP contribution in [-0.4, -0.2) is 30.6 Å². The quantitative estimate of drug-likeness (QED) is 0.920. The van der Waals surface area contributed by atoms with Crippen molar-refractivity contribution in [3.63, 3.8) is 0 Å². The van der Waals surface area contributed by atoms with Crippen LogP contribution in [0, 0.1) is 0 Å². The molecule has 1 aromatic carbocycles. The van der Waals surface area contributed by atoms with Crippen LogP contribution in [0.1, 0.15) is 28.8 Å². The van der Waals surface area contributed by atoms with Crippen molar-refractivity contribution in [3.05, 3.63) is 53.7 Å². The maximum atomic E-state index is 11.4. The second-order valence-electron chi connectivity index (χ2n) is 5.77. The molecule has 3 rings (SSSR count). The van der Waals surface area contributed by atoms with E-state index < -0.39 is 5.91 Å². The third kappa shape index (κ3) is 3.28. The largest absolute Gasteiger partial charge is 0.496 e. The average molecular weight is 311 g/mol. The number of rotatable bonds is 5. The molecule has 0 aliphatic carbocycles. The van der Waals surface area contributed by atoms with E-state index in [2.05, 4.69) is 16.0 Å². The van der Waals surface area contributed by atoms with Gasteiger partial charge in [0.05, 0.1) is 7.11 Å². The number of ether oxygens (including phenoxy) is 1. The van der Waals surface area contributed by atoms with Crippen LogP contribution < -0.4 is 15.4 Å². The van der Waals surface area contributed by atoms with Gasteiger partial charge in [-0.2, -0.15) is 0 Å². The highest BCUT2D eigenvalue weighted by Crippen LogP contribution is 2.29. The van der Waals surface area contributed by atoms with Crippen LogP contribution in [0.4, 0.5) is 5.82 Å². The molecule has 2 heterocycles. The zero-order valence-electron chi connectivity index (χ0n) is 13.2. The molecule has 0 bridgehead atoms. The fourth-order valence-corrected chi connectivity index (χ4v) is 3.20. The topological polar surface area (TPSA) is 68.5 Å². The van der Waals surface area contributed by atoms with Gasteiger partial charge in [-0.25, -0.2) is 4.98 Å². The van der Waals surface area contributed by atoms with Gasteiger partial charge in [0.25, 0.3) is 0 Å². The first kappa shape index (κ1) is 15.3. The van der Waals surface area contributed by atoms with Gasteiger partial charge in [0.1, 0.15) is 11.6 Å². The molecule has 2 aromatic rings. The van der Waals surface area contributed by atoms with Crippen LogP contribution in [0.3, 0.4) is 0 Å². The Kier molecular flexibility index (Phi) is 4.46. The zero-order chi connectivity index (χ0) is 16.2. The van der Waals surface area contributed by atoms with Gasteiger partial charge in [0.15, 0.2) is 0 Å². The SMILES string of the molecule is COc1ccccc1CC1CCCN1c1cc(C(N)=O)ccn1. The van der Waals surface area contributed by atoms with E-state index in [9.17, 15) is 4.79 Å². The second kappa shape index (κ2) is 6.69. The first-order valence-corrected chi connectivity index (χ1v) is 7.83. The summed E-state index contributed by atoms with van der Waals surface area (Å²) in [6, 6.07) is 11.9. The molecule has 1 amide bonds. The summed E-state index contributed by atoms with van der Waals surface area (Å²) in [5.41, 5.74) is 7.07. The lowest BCUT2D eigenvalue weighted by molar-refractivity contribution is 0.1000. The molecular weight excluding hydrogens is 290 g/mol. The molecule has 0 saturated carbocycles. The molecule has 120 valence electrons. The lowest BCUT2D eigenvalue weighted by Crippen LogP contribution is -2.32. The first-order chi connectivity index (χ1) is 11.2. The van der Waals surface area contributed by atoms with Crippen molar-refractivity contribution in [1.29, 1.82) is 0 Å². The number of methoxy groups -OCH3 is 1. The zero-order valence-corrected chi connectivity index (χ0v) is 13.2. The Morgan fingerprint density at radius 1 is 1.39 bits per heavy atom. The molecule has 2 N–H and O–H groups in total. The van der Waals surface area contributed by atoms with E-state index in [-0.39, 0.29) is 0 Å². The normalized spacial score (nSPS) is 17.3. The average Bonchev–Trinajstić information content (AvgIpc) is 3.03. The summed E-state index contributed by atoms with van der Waals surface area (Å²) in [5, 5.41) is 0. The van der Waals surface area contributed by atoms with Crippen molar-refractivity contribution in [3.8, 4) is 5.75 Å². The van der Waals surface area contributed by atoms with Gasteiger partial charge >= 0.3 is 0 Å². The number of primary amides is 1. The Hall–Kier alpha value is -2.56. The fraction of sp³-hybridized carbons (Fsp3) is 0.333. The summed E-state index contributed by atoms with van der Waals surface area (Å²) < 4.78 is 5.45. The van der Waals surface area contributed by atoms with Crippen molar-refractivity contribution in [2.24, 2.45) is 5.73 Å². The third-order valence-corrected chi connectivity index (χ3v) is 4.35. The number of nitrogens with zero attached hydrogens (tertiary/aromatic N) is 2. The summed E-state index contributed by atoms with van der Waals surface area (Å²) in [6.45, 7) is 0.940. The number of hydrogen-bond acceptors (Lipinski definition) is 4. The Bertz CT molecular complexity index is 702. The van der Waals surface area contributed by atoms with Crippen LogP contribution >= 0.6 is 0 Å². The molecule has 1 unspecified atom stereocenters. The number of carbonyl (C=O) groups is 1. The monoisotopic (exact) mass is 311 g/mol. The van der Waals surface area contributed by atoms with Gasteiger partial charge < -0.3 is 15.4 Å². The number of nitrogens with two attached hydrogens (primary N) is 1. The van der Waals surface area contributed by atoms with E-state index in [0.717, 1.165) is 37.4 Å². The van der Waals surface area contributed by atoms with Crippen molar-refractivity contribution >= 4 is 11.7 Å². The van der Waals surface area contributed by atoms with Gasteiger partial charge in [-0.3, -0.25) is 4.79 Å². The minimum absolute atomic E-state index is 0.349. The molecular formula is C18H21N3O2. The molecule has 0 radical (unpaired) electrons. The van der Waals surface area contributed by atoms with Crippen molar-refractivity contribution in [2.45, 2.75) is 25.3 Å². The number of para-hydroxylation sites is 1. The number of hydrogen-bond donors (Lipinski definition) is 1. The molecule has 1 fully saturated rings. The third-order valence-electron chi connectivity index (χ3n) is 4.35. The van der Waals surface area contributed by atoms with Crippen LogP contribution in [0.15, 0.2) is 42.6 Å². The molecule has 1 saturated heterocycles.